The highest BCUT2D eigenvalue weighted by atomic mass is 16.5. The number of hydrogen-bond donors (Lipinski definition) is 1. The summed E-state index contributed by atoms with van der Waals surface area (Å²) in [6, 6.07) is -0.0250. The van der Waals surface area contributed by atoms with Crippen molar-refractivity contribution >= 4 is 5.91 Å². The van der Waals surface area contributed by atoms with Crippen LogP contribution >= 0.6 is 0 Å². The van der Waals surface area contributed by atoms with E-state index in [1.54, 1.807) is 4.90 Å². The maximum Gasteiger partial charge on any atom is 0.240 e. The van der Waals surface area contributed by atoms with Gasteiger partial charge in [0.2, 0.25) is 5.91 Å². The lowest BCUT2D eigenvalue weighted by Gasteiger charge is -2.37. The minimum absolute atomic E-state index is 0.0250. The standard InChI is InChI=1S/C12H23N3O2/c1-14(2)12(16)11-8-13-5-6-15(11)9-10-4-3-7-17-10/h10-11,13H,3-9H2,1-2H3. The Hall–Kier alpha value is -0.650. The third-order valence-corrected chi connectivity index (χ3v) is 3.54. The molecule has 0 radical (unpaired) electrons. The van der Waals surface area contributed by atoms with Gasteiger partial charge in [-0.05, 0) is 12.8 Å². The van der Waals surface area contributed by atoms with Crippen molar-refractivity contribution in [2.45, 2.75) is 25.0 Å². The predicted octanol–water partition coefficient (Wildman–Crippen LogP) is -0.473. The van der Waals surface area contributed by atoms with Gasteiger partial charge in [-0.1, -0.05) is 0 Å². The Morgan fingerprint density at radius 2 is 2.35 bits per heavy atom. The van der Waals surface area contributed by atoms with Crippen molar-refractivity contribution in [3.8, 4) is 0 Å². The number of nitrogens with zero attached hydrogens (tertiary/aromatic N) is 2. The number of hydrogen-bond acceptors (Lipinski definition) is 4. The molecule has 17 heavy (non-hydrogen) atoms. The van der Waals surface area contributed by atoms with Gasteiger partial charge in [0.25, 0.3) is 0 Å². The lowest BCUT2D eigenvalue weighted by atomic mass is 10.1. The van der Waals surface area contributed by atoms with Crippen molar-refractivity contribution in [1.82, 2.24) is 15.1 Å². The number of carbonyl (C=O) groups excluding carboxylic acids is 1. The zero-order valence-corrected chi connectivity index (χ0v) is 10.8. The Morgan fingerprint density at radius 3 is 3.00 bits per heavy atom. The lowest BCUT2D eigenvalue weighted by molar-refractivity contribution is -0.135. The minimum atomic E-state index is -0.0250. The van der Waals surface area contributed by atoms with Crippen LogP contribution in [0.3, 0.4) is 0 Å². The number of likely N-dealkylation sites (N-methyl/N-ethyl adjacent to an activating group) is 1. The van der Waals surface area contributed by atoms with E-state index < -0.39 is 0 Å². The van der Waals surface area contributed by atoms with Gasteiger partial charge in [-0.25, -0.2) is 0 Å². The van der Waals surface area contributed by atoms with Crippen molar-refractivity contribution in [2.75, 3.05) is 46.9 Å². The first-order valence-corrected chi connectivity index (χ1v) is 6.46. The van der Waals surface area contributed by atoms with Crippen LogP contribution in [0.1, 0.15) is 12.8 Å². The normalized spacial score (nSPS) is 30.5. The smallest absolute Gasteiger partial charge is 0.240 e. The third kappa shape index (κ3) is 3.18. The molecular weight excluding hydrogens is 218 g/mol. The van der Waals surface area contributed by atoms with Gasteiger partial charge in [0.1, 0.15) is 6.04 Å². The van der Waals surface area contributed by atoms with Gasteiger partial charge in [-0.3, -0.25) is 9.69 Å². The largest absolute Gasteiger partial charge is 0.377 e. The molecule has 0 bridgehead atoms. The second kappa shape index (κ2) is 5.80. The van der Waals surface area contributed by atoms with E-state index in [0.717, 1.165) is 45.6 Å². The van der Waals surface area contributed by atoms with Crippen LogP contribution in [0.15, 0.2) is 0 Å². The van der Waals surface area contributed by atoms with Crippen LogP contribution in [0.2, 0.25) is 0 Å². The molecule has 5 nitrogen and oxygen atoms in total. The molecule has 2 heterocycles. The molecule has 1 N–H and O–H groups in total. The van der Waals surface area contributed by atoms with Gasteiger partial charge < -0.3 is 15.0 Å². The second-order valence-electron chi connectivity index (χ2n) is 5.08. The molecule has 1 amide bonds. The lowest BCUT2D eigenvalue weighted by Crippen LogP contribution is -2.58. The molecule has 2 fully saturated rings. The molecular formula is C12H23N3O2. The van der Waals surface area contributed by atoms with E-state index in [2.05, 4.69) is 10.2 Å². The monoisotopic (exact) mass is 241 g/mol. The number of rotatable bonds is 3. The summed E-state index contributed by atoms with van der Waals surface area (Å²) in [7, 11) is 3.64. The van der Waals surface area contributed by atoms with Crippen molar-refractivity contribution in [1.29, 1.82) is 0 Å². The van der Waals surface area contributed by atoms with E-state index in [1.807, 2.05) is 14.1 Å². The summed E-state index contributed by atoms with van der Waals surface area (Å²) in [6.07, 6.45) is 2.61. The van der Waals surface area contributed by atoms with Crippen LogP contribution in [-0.2, 0) is 9.53 Å². The summed E-state index contributed by atoms with van der Waals surface area (Å²) >= 11 is 0. The van der Waals surface area contributed by atoms with E-state index in [4.69, 9.17) is 4.74 Å². The van der Waals surface area contributed by atoms with Gasteiger partial charge in [0.05, 0.1) is 6.10 Å². The average molecular weight is 241 g/mol. The molecule has 0 aromatic carbocycles. The van der Waals surface area contributed by atoms with E-state index in [9.17, 15) is 4.79 Å². The first-order chi connectivity index (χ1) is 8.18. The Morgan fingerprint density at radius 1 is 1.53 bits per heavy atom. The first kappa shape index (κ1) is 12.8. The Kier molecular flexibility index (Phi) is 4.36. The van der Waals surface area contributed by atoms with Gasteiger partial charge in [-0.2, -0.15) is 0 Å². The molecule has 2 unspecified atom stereocenters. The van der Waals surface area contributed by atoms with Gasteiger partial charge in [0.15, 0.2) is 0 Å². The molecule has 0 aliphatic carbocycles. The molecule has 98 valence electrons. The number of piperazine rings is 1. The zero-order chi connectivity index (χ0) is 12.3. The summed E-state index contributed by atoms with van der Waals surface area (Å²) in [6.45, 7) is 4.42. The summed E-state index contributed by atoms with van der Waals surface area (Å²) in [5.74, 6) is 0.190. The van der Waals surface area contributed by atoms with Crippen molar-refractivity contribution < 1.29 is 9.53 Å². The molecule has 2 saturated heterocycles. The fourth-order valence-corrected chi connectivity index (χ4v) is 2.56. The summed E-state index contributed by atoms with van der Waals surface area (Å²) < 4.78 is 5.66. The summed E-state index contributed by atoms with van der Waals surface area (Å²) in [5, 5.41) is 3.30. The van der Waals surface area contributed by atoms with Crippen LogP contribution in [-0.4, -0.2) is 74.7 Å². The Balaban J connectivity index is 1.93. The highest BCUT2D eigenvalue weighted by Crippen LogP contribution is 2.16. The topological polar surface area (TPSA) is 44.8 Å². The quantitative estimate of drug-likeness (QED) is 0.725. The molecule has 0 aromatic rings. The summed E-state index contributed by atoms with van der Waals surface area (Å²) in [4.78, 5) is 16.0. The van der Waals surface area contributed by atoms with Gasteiger partial charge in [0, 0.05) is 46.9 Å². The number of nitrogens with one attached hydrogen (secondary N) is 1. The molecule has 2 atom stereocenters. The first-order valence-electron chi connectivity index (χ1n) is 6.46. The second-order valence-corrected chi connectivity index (χ2v) is 5.08. The fraction of sp³-hybridized carbons (Fsp3) is 0.917. The van der Waals surface area contributed by atoms with Crippen molar-refractivity contribution in [2.24, 2.45) is 0 Å². The number of amides is 1. The minimum Gasteiger partial charge on any atom is -0.377 e. The fourth-order valence-electron chi connectivity index (χ4n) is 2.56. The van der Waals surface area contributed by atoms with Gasteiger partial charge in [-0.15, -0.1) is 0 Å². The van der Waals surface area contributed by atoms with Crippen LogP contribution in [0.5, 0.6) is 0 Å². The zero-order valence-electron chi connectivity index (χ0n) is 10.8. The van der Waals surface area contributed by atoms with E-state index in [0.29, 0.717) is 6.10 Å². The SMILES string of the molecule is CN(C)C(=O)C1CNCCN1CC1CCCO1. The highest BCUT2D eigenvalue weighted by molar-refractivity contribution is 5.81. The molecule has 5 heteroatoms. The summed E-state index contributed by atoms with van der Waals surface area (Å²) in [5.41, 5.74) is 0. The van der Waals surface area contributed by atoms with E-state index in [-0.39, 0.29) is 11.9 Å². The molecule has 2 aliphatic heterocycles. The van der Waals surface area contributed by atoms with Crippen LogP contribution in [0.4, 0.5) is 0 Å². The Bertz CT molecular complexity index is 264. The number of carbonyl (C=O) groups is 1. The van der Waals surface area contributed by atoms with E-state index in [1.165, 1.54) is 0 Å². The highest BCUT2D eigenvalue weighted by Gasteiger charge is 2.31. The molecule has 0 aromatic heterocycles. The van der Waals surface area contributed by atoms with Crippen molar-refractivity contribution in [3.63, 3.8) is 0 Å². The van der Waals surface area contributed by atoms with Gasteiger partial charge >= 0.3 is 0 Å². The van der Waals surface area contributed by atoms with Crippen LogP contribution in [0.25, 0.3) is 0 Å². The molecule has 2 rings (SSSR count). The van der Waals surface area contributed by atoms with E-state index >= 15 is 0 Å². The van der Waals surface area contributed by atoms with Crippen molar-refractivity contribution in [3.05, 3.63) is 0 Å². The van der Waals surface area contributed by atoms with Crippen LogP contribution in [0, 0.1) is 0 Å². The Labute approximate surface area is 103 Å². The maximum absolute atomic E-state index is 12.1. The third-order valence-electron chi connectivity index (χ3n) is 3.54. The number of ether oxygens (including phenoxy) is 1. The molecule has 2 aliphatic rings. The maximum atomic E-state index is 12.1. The predicted molar refractivity (Wildman–Crippen MR) is 65.9 cm³/mol. The van der Waals surface area contributed by atoms with Crippen LogP contribution < -0.4 is 5.32 Å². The molecule has 0 saturated carbocycles. The molecule has 0 spiro atoms. The average Bonchev–Trinajstić information content (AvgIpc) is 2.81.